The van der Waals surface area contributed by atoms with Crippen LogP contribution in [-0.2, 0) is 5.41 Å². The van der Waals surface area contributed by atoms with Crippen LogP contribution in [0.5, 0.6) is 0 Å². The van der Waals surface area contributed by atoms with Gasteiger partial charge in [0, 0.05) is 75.6 Å². The van der Waals surface area contributed by atoms with Crippen LogP contribution in [0.1, 0.15) is 33.4 Å². The van der Waals surface area contributed by atoms with E-state index in [1.165, 1.54) is 47.9 Å². The van der Waals surface area contributed by atoms with Gasteiger partial charge in [-0.25, -0.2) is 0 Å². The van der Waals surface area contributed by atoms with E-state index in [4.69, 9.17) is 4.42 Å². The maximum atomic E-state index is 10.2. The molecule has 0 bridgehead atoms. The molecule has 0 saturated heterocycles. The largest absolute Gasteiger partial charge is 0.454 e. The number of benzene rings is 13. The van der Waals surface area contributed by atoms with Crippen molar-refractivity contribution < 1.29 is 4.42 Å². The number of hydrogen-bond donors (Lipinski definition) is 0. The zero-order chi connectivity index (χ0) is 55.4. The van der Waals surface area contributed by atoms with Crippen LogP contribution < -0.4 is 9.80 Å². The summed E-state index contributed by atoms with van der Waals surface area (Å²) in [6.07, 6.45) is 0. The predicted octanol–water partition coefficient (Wildman–Crippen LogP) is 20.7. The third-order valence-corrected chi connectivity index (χ3v) is 19.1. The molecule has 1 aliphatic heterocycles. The lowest BCUT2D eigenvalue weighted by Crippen LogP contribution is -2.33. The van der Waals surface area contributed by atoms with Crippen LogP contribution in [0.25, 0.3) is 102 Å². The van der Waals surface area contributed by atoms with Crippen LogP contribution >= 0.6 is 11.3 Å². The van der Waals surface area contributed by atoms with Crippen molar-refractivity contribution in [2.24, 2.45) is 0 Å². The fraction of sp³-hybridized carbons (Fsp3) is 0.0130. The number of anilines is 6. The Hall–Kier alpha value is -11.2. The average molecular weight is 1090 g/mol. The SMILES string of the molecule is N#Cc1ccc(N(c2ccc3ccccc3c2)c2cc3c(c4c2oc2ccccc24)-c2c(cc(N(c4ccc(C#N)cc4)c4ccc5ccccc5c4)c4c2sc2ccccc24)C32c3ccccc3-n3c4ccccc4c4cccc2c43)cc1. The number of aromatic nitrogens is 1. The lowest BCUT2D eigenvalue weighted by atomic mass is 9.65. The van der Waals surface area contributed by atoms with Crippen LogP contribution in [0.2, 0.25) is 0 Å². The molecule has 6 nitrogen and oxygen atoms in total. The van der Waals surface area contributed by atoms with Gasteiger partial charge in [-0.1, -0.05) is 152 Å². The number of fused-ring (bicyclic) bond motifs is 22. The van der Waals surface area contributed by atoms with Gasteiger partial charge in [0.25, 0.3) is 0 Å². The smallest absolute Gasteiger partial charge is 0.160 e. The van der Waals surface area contributed by atoms with E-state index in [1.54, 1.807) is 0 Å². The van der Waals surface area contributed by atoms with Gasteiger partial charge in [0.15, 0.2) is 5.58 Å². The van der Waals surface area contributed by atoms with Gasteiger partial charge in [0.2, 0.25) is 0 Å². The fourth-order valence-corrected chi connectivity index (χ4v) is 15.8. The van der Waals surface area contributed by atoms with E-state index >= 15 is 0 Å². The summed E-state index contributed by atoms with van der Waals surface area (Å²) in [6, 6.07) is 98.6. The van der Waals surface area contributed by atoms with E-state index in [-0.39, 0.29) is 0 Å². The molecular formula is C77H43N5OS. The maximum absolute atomic E-state index is 10.2. The van der Waals surface area contributed by atoms with Crippen LogP contribution in [-0.4, -0.2) is 4.57 Å². The third-order valence-electron chi connectivity index (χ3n) is 17.9. The summed E-state index contributed by atoms with van der Waals surface area (Å²) in [5, 5.41) is 31.7. The predicted molar refractivity (Wildman–Crippen MR) is 346 cm³/mol. The first-order valence-corrected chi connectivity index (χ1v) is 29.1. The second-order valence-corrected chi connectivity index (χ2v) is 23.2. The van der Waals surface area contributed by atoms with E-state index in [9.17, 15) is 10.5 Å². The molecule has 2 aliphatic rings. The Morgan fingerprint density at radius 1 is 0.405 bits per heavy atom. The summed E-state index contributed by atoms with van der Waals surface area (Å²) in [7, 11) is 0. The Labute approximate surface area is 486 Å². The highest BCUT2D eigenvalue weighted by atomic mass is 32.1. The Balaban J connectivity index is 1.07. The normalized spacial score (nSPS) is 14.0. The fourth-order valence-electron chi connectivity index (χ4n) is 14.5. The average Bonchev–Trinajstić information content (AvgIpc) is 1.74. The van der Waals surface area contributed by atoms with E-state index in [2.05, 4.69) is 263 Å². The third kappa shape index (κ3) is 6.25. The van der Waals surface area contributed by atoms with Crippen molar-refractivity contribution >= 4 is 131 Å². The summed E-state index contributed by atoms with van der Waals surface area (Å²) < 4.78 is 12.3. The molecule has 0 N–H and O–H groups in total. The van der Waals surface area contributed by atoms with Gasteiger partial charge in [-0.2, -0.15) is 10.5 Å². The molecule has 3 aromatic heterocycles. The number of hydrogen-bond acceptors (Lipinski definition) is 6. The molecule has 1 unspecified atom stereocenters. The molecule has 16 aromatic rings. The summed E-state index contributed by atoms with van der Waals surface area (Å²) in [6.45, 7) is 0. The van der Waals surface area contributed by atoms with Gasteiger partial charge in [-0.3, -0.25) is 0 Å². The number of thiophene rings is 1. The molecule has 13 aromatic carbocycles. The topological polar surface area (TPSA) is 72.1 Å². The molecule has 1 spiro atoms. The quantitative estimate of drug-likeness (QED) is 0.166. The highest BCUT2D eigenvalue weighted by Crippen LogP contribution is 2.67. The van der Waals surface area contributed by atoms with Gasteiger partial charge in [0.05, 0.1) is 56.8 Å². The Morgan fingerprint density at radius 2 is 0.940 bits per heavy atom. The van der Waals surface area contributed by atoms with Crippen molar-refractivity contribution in [2.75, 3.05) is 9.80 Å². The van der Waals surface area contributed by atoms with Crippen LogP contribution in [0.15, 0.2) is 265 Å². The van der Waals surface area contributed by atoms with Gasteiger partial charge in [-0.15, -0.1) is 11.3 Å². The summed E-state index contributed by atoms with van der Waals surface area (Å²) in [4.78, 5) is 4.77. The van der Waals surface area contributed by atoms with Crippen LogP contribution in [0.4, 0.5) is 34.1 Å². The molecular weight excluding hydrogens is 1040 g/mol. The number of furan rings is 1. The van der Waals surface area contributed by atoms with Crippen molar-refractivity contribution in [3.8, 4) is 29.0 Å². The number of nitrogens with zero attached hydrogens (tertiary/aromatic N) is 5. The molecule has 4 heterocycles. The van der Waals surface area contributed by atoms with Crippen molar-refractivity contribution in [2.45, 2.75) is 5.41 Å². The lowest BCUT2D eigenvalue weighted by molar-refractivity contribution is 0.668. The van der Waals surface area contributed by atoms with Crippen molar-refractivity contribution in [1.29, 1.82) is 10.5 Å². The molecule has 388 valence electrons. The first kappa shape index (κ1) is 46.5. The highest BCUT2D eigenvalue weighted by Gasteiger charge is 2.54. The molecule has 1 aliphatic carbocycles. The van der Waals surface area contributed by atoms with Crippen molar-refractivity contribution in [3.05, 3.63) is 294 Å². The zero-order valence-electron chi connectivity index (χ0n) is 44.9. The minimum atomic E-state index is -0.953. The van der Waals surface area contributed by atoms with E-state index < -0.39 is 5.41 Å². The second kappa shape index (κ2) is 17.4. The first-order valence-electron chi connectivity index (χ1n) is 28.3. The second-order valence-electron chi connectivity index (χ2n) is 22.1. The lowest BCUT2D eigenvalue weighted by Gasteiger charge is -2.40. The summed E-state index contributed by atoms with van der Waals surface area (Å²) >= 11 is 1.85. The maximum Gasteiger partial charge on any atom is 0.160 e. The summed E-state index contributed by atoms with van der Waals surface area (Å²) in [5.41, 5.74) is 17.9. The van der Waals surface area contributed by atoms with Crippen molar-refractivity contribution in [3.63, 3.8) is 0 Å². The number of rotatable bonds is 6. The van der Waals surface area contributed by atoms with E-state index in [0.29, 0.717) is 11.1 Å². The minimum Gasteiger partial charge on any atom is -0.454 e. The molecule has 0 saturated carbocycles. The molecule has 0 fully saturated rings. The molecule has 1 atom stereocenters. The van der Waals surface area contributed by atoms with E-state index in [0.717, 1.165) is 111 Å². The first-order chi connectivity index (χ1) is 41.6. The number of nitriles is 2. The van der Waals surface area contributed by atoms with Gasteiger partial charge in [-0.05, 0) is 153 Å². The molecule has 84 heavy (non-hydrogen) atoms. The standard InChI is InChI=1S/C77H43N5OS/c78-44-46-28-34-52(35-29-46)80(54-38-32-48-14-1-3-16-50(48)40-54)66-42-63-73(76-70(66)59-20-7-12-27-69(59)84-76)72-62(77(63)60-22-8-10-25-65(60)82-64-24-9-5-18-56(64)57-21-13-23-61(77)74(57)82)43-67(75-71(72)58-19-6-11-26-68(58)83-75)81(53-36-30-47(45-79)31-37-53)55-39-33-49-15-2-4-17-51(49)41-55/h1-43H. The van der Waals surface area contributed by atoms with Gasteiger partial charge in [0.1, 0.15) is 5.58 Å². The van der Waals surface area contributed by atoms with Gasteiger partial charge >= 0.3 is 0 Å². The van der Waals surface area contributed by atoms with Gasteiger partial charge < -0.3 is 18.8 Å². The molecule has 0 radical (unpaired) electrons. The number of para-hydroxylation sites is 4. The van der Waals surface area contributed by atoms with E-state index in [1.807, 2.05) is 35.6 Å². The van der Waals surface area contributed by atoms with Crippen molar-refractivity contribution in [1.82, 2.24) is 4.57 Å². The molecule has 7 heteroatoms. The monoisotopic (exact) mass is 1090 g/mol. The molecule has 18 rings (SSSR count). The minimum absolute atomic E-state index is 0.582. The Morgan fingerprint density at radius 3 is 1.64 bits per heavy atom. The highest BCUT2D eigenvalue weighted by molar-refractivity contribution is 7.26. The Bertz CT molecular complexity index is 5620. The zero-order valence-corrected chi connectivity index (χ0v) is 45.7. The molecule has 0 amide bonds. The van der Waals surface area contributed by atoms with Crippen LogP contribution in [0.3, 0.4) is 0 Å². The summed E-state index contributed by atoms with van der Waals surface area (Å²) in [5.74, 6) is 0. The Kier molecular flexibility index (Phi) is 9.63. The van der Waals surface area contributed by atoms with Crippen LogP contribution in [0, 0.1) is 22.7 Å².